The number of rotatable bonds is 8. The average molecular weight is 423 g/mol. The number of sulfone groups is 1. The van der Waals surface area contributed by atoms with Crippen molar-refractivity contribution in [2.75, 3.05) is 6.61 Å². The van der Waals surface area contributed by atoms with Crippen LogP contribution in [0.15, 0.2) is 23.1 Å². The summed E-state index contributed by atoms with van der Waals surface area (Å²) in [6.45, 7) is 13.1. The molecule has 0 N–H and O–H groups in total. The summed E-state index contributed by atoms with van der Waals surface area (Å²) in [6.07, 6.45) is 3.96. The van der Waals surface area contributed by atoms with Crippen molar-refractivity contribution < 1.29 is 22.7 Å². The van der Waals surface area contributed by atoms with Gasteiger partial charge in [0, 0.05) is 5.41 Å². The van der Waals surface area contributed by atoms with E-state index >= 15 is 0 Å². The Hall–Kier alpha value is -1.98. The number of Topliss-reactive ketones (excluding diaryl/α,β-unsaturated/α-hetero) is 1. The van der Waals surface area contributed by atoms with Crippen LogP contribution in [0.3, 0.4) is 0 Å². The van der Waals surface area contributed by atoms with Gasteiger partial charge in [0.2, 0.25) is 0 Å². The van der Waals surface area contributed by atoms with Gasteiger partial charge in [-0.2, -0.15) is 0 Å². The van der Waals surface area contributed by atoms with Gasteiger partial charge in [-0.05, 0) is 29.5 Å². The van der Waals surface area contributed by atoms with Crippen molar-refractivity contribution >= 4 is 20.7 Å². The van der Waals surface area contributed by atoms with Crippen LogP contribution >= 0.6 is 0 Å². The predicted molar refractivity (Wildman–Crippen MR) is 115 cm³/mol. The van der Waals surface area contributed by atoms with E-state index in [0.29, 0.717) is 6.61 Å². The van der Waals surface area contributed by atoms with E-state index in [1.807, 2.05) is 26.8 Å². The van der Waals surface area contributed by atoms with Crippen LogP contribution in [0.1, 0.15) is 79.7 Å². The molecule has 0 heterocycles. The van der Waals surface area contributed by atoms with E-state index in [4.69, 9.17) is 4.74 Å². The number of carbonyl (C=O) groups excluding carboxylic acids is 1. The third-order valence-electron chi connectivity index (χ3n) is 4.58. The first kappa shape index (κ1) is 25.1. The molecule has 0 saturated carbocycles. The molecule has 0 aromatic heterocycles. The number of ketones is 1. The molecule has 1 aromatic rings. The fraction of sp³-hybridized carbons (Fsp3) is 0.636. The Morgan fingerprint density at radius 3 is 2.17 bits per heavy atom. The van der Waals surface area contributed by atoms with Crippen LogP contribution in [0.25, 0.3) is 5.53 Å². The summed E-state index contributed by atoms with van der Waals surface area (Å²) < 4.78 is 32.4. The summed E-state index contributed by atoms with van der Waals surface area (Å²) in [5.74, 6) is -0.590. The zero-order valence-corrected chi connectivity index (χ0v) is 19.5. The fourth-order valence-corrected chi connectivity index (χ4v) is 4.20. The third kappa shape index (κ3) is 6.51. The quantitative estimate of drug-likeness (QED) is 0.194. The van der Waals surface area contributed by atoms with Gasteiger partial charge < -0.3 is 10.3 Å². The fourth-order valence-electron chi connectivity index (χ4n) is 2.66. The molecule has 0 aliphatic heterocycles. The molecule has 162 valence electrons. The van der Waals surface area contributed by atoms with E-state index in [1.165, 1.54) is 6.07 Å². The van der Waals surface area contributed by atoms with Gasteiger partial charge in [0.25, 0.3) is 15.6 Å². The van der Waals surface area contributed by atoms with E-state index < -0.39 is 26.1 Å². The zero-order chi connectivity index (χ0) is 22.5. The Balaban J connectivity index is 3.47. The van der Waals surface area contributed by atoms with Crippen molar-refractivity contribution in [1.29, 1.82) is 0 Å². The molecule has 1 aromatic carbocycles. The lowest BCUT2D eigenvalue weighted by Crippen LogP contribution is -2.35. The van der Waals surface area contributed by atoms with Crippen LogP contribution in [0.5, 0.6) is 5.75 Å². The van der Waals surface area contributed by atoms with Gasteiger partial charge in [0.05, 0.1) is 6.61 Å². The van der Waals surface area contributed by atoms with Crippen molar-refractivity contribution in [2.24, 2.45) is 5.41 Å². The van der Waals surface area contributed by atoms with Crippen molar-refractivity contribution in [2.45, 2.75) is 84.5 Å². The number of hydrogen-bond donors (Lipinski definition) is 0. The lowest BCUT2D eigenvalue weighted by molar-refractivity contribution is -0.123. The van der Waals surface area contributed by atoms with Crippen LogP contribution in [0.2, 0.25) is 0 Å². The maximum absolute atomic E-state index is 13.3. The van der Waals surface area contributed by atoms with E-state index in [0.717, 1.165) is 31.2 Å². The molecule has 0 bridgehead atoms. The Labute approximate surface area is 175 Å². The molecule has 0 aliphatic rings. The number of carbonyl (C=O) groups is 1. The first-order valence-electron chi connectivity index (χ1n) is 10.1. The van der Waals surface area contributed by atoms with E-state index in [9.17, 15) is 18.7 Å². The van der Waals surface area contributed by atoms with Crippen LogP contribution < -0.4 is 4.74 Å². The van der Waals surface area contributed by atoms with Crippen LogP contribution in [-0.4, -0.2) is 30.6 Å². The summed E-state index contributed by atoms with van der Waals surface area (Å²) >= 11 is 0. The van der Waals surface area contributed by atoms with Gasteiger partial charge in [-0.15, -0.1) is 4.79 Å². The molecular formula is C22H34N2O4S. The molecule has 0 amide bonds. The normalized spacial score (nSPS) is 12.4. The molecule has 0 aliphatic carbocycles. The third-order valence-corrected chi connectivity index (χ3v) is 6.25. The van der Waals surface area contributed by atoms with Crippen molar-refractivity contribution in [3.63, 3.8) is 0 Å². The number of unbranched alkanes of at least 4 members (excludes halogenated alkanes) is 3. The highest BCUT2D eigenvalue weighted by atomic mass is 32.2. The standard InChI is InChI=1S/C22H34N2O4S/c1-8-9-10-11-14-28-17-13-12-16(21(2,3)4)15-18(17)29(26,27)20(24-23)19(25)22(5,6)7/h12-13,15H,8-11,14H2,1-7H3. The highest BCUT2D eigenvalue weighted by Crippen LogP contribution is 2.33. The highest BCUT2D eigenvalue weighted by Gasteiger charge is 2.44. The molecule has 0 unspecified atom stereocenters. The second-order valence-corrected chi connectivity index (χ2v) is 11.1. The Bertz CT molecular complexity index is 884. The van der Waals surface area contributed by atoms with Gasteiger partial charge in [0.1, 0.15) is 10.6 Å². The van der Waals surface area contributed by atoms with Gasteiger partial charge in [-0.1, -0.05) is 73.8 Å². The van der Waals surface area contributed by atoms with Gasteiger partial charge >= 0.3 is 5.04 Å². The Morgan fingerprint density at radius 1 is 1.07 bits per heavy atom. The summed E-state index contributed by atoms with van der Waals surface area (Å²) in [4.78, 5) is 15.4. The second-order valence-electron chi connectivity index (χ2n) is 9.31. The van der Waals surface area contributed by atoms with E-state index in [1.54, 1.807) is 26.8 Å². The molecule has 6 nitrogen and oxygen atoms in total. The summed E-state index contributed by atoms with van der Waals surface area (Å²) in [6, 6.07) is 4.95. The maximum atomic E-state index is 13.3. The van der Waals surface area contributed by atoms with E-state index in [-0.39, 0.29) is 16.1 Å². The highest BCUT2D eigenvalue weighted by molar-refractivity contribution is 8.08. The van der Waals surface area contributed by atoms with Crippen LogP contribution in [0.4, 0.5) is 0 Å². The number of ether oxygens (including phenoxy) is 1. The van der Waals surface area contributed by atoms with Crippen LogP contribution in [-0.2, 0) is 20.0 Å². The lowest BCUT2D eigenvalue weighted by atomic mass is 9.87. The first-order valence-corrected chi connectivity index (χ1v) is 11.5. The average Bonchev–Trinajstić information content (AvgIpc) is 2.60. The van der Waals surface area contributed by atoms with Gasteiger partial charge in [0.15, 0.2) is 0 Å². The Morgan fingerprint density at radius 2 is 1.69 bits per heavy atom. The smallest absolute Gasteiger partial charge is 0.452 e. The number of benzene rings is 1. The Kier molecular flexibility index (Phi) is 8.36. The lowest BCUT2D eigenvalue weighted by Gasteiger charge is -2.21. The van der Waals surface area contributed by atoms with Crippen LogP contribution in [0, 0.1) is 5.41 Å². The monoisotopic (exact) mass is 422 g/mol. The van der Waals surface area contributed by atoms with E-state index in [2.05, 4.69) is 11.7 Å². The number of nitrogens with zero attached hydrogens (tertiary/aromatic N) is 2. The van der Waals surface area contributed by atoms with Gasteiger partial charge in [-0.25, -0.2) is 8.42 Å². The second kappa shape index (κ2) is 9.68. The summed E-state index contributed by atoms with van der Waals surface area (Å²) in [5.41, 5.74) is 8.84. The van der Waals surface area contributed by atoms with Crippen molar-refractivity contribution in [3.8, 4) is 5.75 Å². The maximum Gasteiger partial charge on any atom is 0.452 e. The molecule has 1 rings (SSSR count). The molecule has 29 heavy (non-hydrogen) atoms. The molecule has 0 fully saturated rings. The molecule has 7 heteroatoms. The predicted octanol–water partition coefficient (Wildman–Crippen LogP) is 4.96. The largest absolute Gasteiger partial charge is 0.492 e. The number of hydrogen-bond acceptors (Lipinski definition) is 4. The van der Waals surface area contributed by atoms with Crippen molar-refractivity contribution in [1.82, 2.24) is 0 Å². The molecule has 0 atom stereocenters. The SMILES string of the molecule is CCCCCCOc1ccc(C(C)(C)C)cc1S(=O)(=O)C(=[N+]=[N-])C(=O)C(C)(C)C. The summed E-state index contributed by atoms with van der Waals surface area (Å²) in [7, 11) is -4.37. The minimum absolute atomic E-state index is 0.147. The first-order chi connectivity index (χ1) is 13.3. The van der Waals surface area contributed by atoms with Gasteiger partial charge in [-0.3, -0.25) is 4.79 Å². The minimum atomic E-state index is -4.37. The molecular weight excluding hydrogens is 388 g/mol. The zero-order valence-electron chi connectivity index (χ0n) is 18.7. The summed E-state index contributed by atoms with van der Waals surface area (Å²) in [5, 5.41) is -0.869. The molecule has 0 radical (unpaired) electrons. The van der Waals surface area contributed by atoms with Crippen molar-refractivity contribution in [3.05, 3.63) is 29.3 Å². The topological polar surface area (TPSA) is 96.8 Å². The molecule has 0 saturated heterocycles. The molecule has 0 spiro atoms. The minimum Gasteiger partial charge on any atom is -0.492 e.